The van der Waals surface area contributed by atoms with Crippen LogP contribution < -0.4 is 25.0 Å². The van der Waals surface area contributed by atoms with Crippen molar-refractivity contribution in [2.75, 3.05) is 56.1 Å². The van der Waals surface area contributed by atoms with Gasteiger partial charge in [-0.2, -0.15) is 0 Å². The normalized spacial score (nSPS) is 13.8. The number of benzene rings is 1. The van der Waals surface area contributed by atoms with E-state index in [1.807, 2.05) is 13.8 Å². The SMILES string of the molecule is COc1cc(OC)c(NC(=O)Nc2c(C)nc(N3CCOCC3)nc2C)cc1Cl. The highest BCUT2D eigenvalue weighted by molar-refractivity contribution is 6.32. The second-order valence-electron chi connectivity index (χ2n) is 6.44. The van der Waals surface area contributed by atoms with Crippen molar-refractivity contribution in [1.82, 2.24) is 9.97 Å². The van der Waals surface area contributed by atoms with Crippen molar-refractivity contribution >= 4 is 35.0 Å². The summed E-state index contributed by atoms with van der Waals surface area (Å²) in [4.78, 5) is 23.7. The molecule has 1 aromatic carbocycles. The molecule has 1 fully saturated rings. The fourth-order valence-corrected chi connectivity index (χ4v) is 3.25. The first-order valence-corrected chi connectivity index (χ1v) is 9.48. The van der Waals surface area contributed by atoms with Gasteiger partial charge < -0.3 is 29.7 Å². The Morgan fingerprint density at radius 3 is 2.28 bits per heavy atom. The Morgan fingerprint density at radius 1 is 1.07 bits per heavy atom. The average molecular weight is 422 g/mol. The van der Waals surface area contributed by atoms with E-state index in [2.05, 4.69) is 25.5 Å². The van der Waals surface area contributed by atoms with Gasteiger partial charge in [-0.05, 0) is 19.9 Å². The molecule has 29 heavy (non-hydrogen) atoms. The summed E-state index contributed by atoms with van der Waals surface area (Å²) in [6, 6.07) is 2.71. The van der Waals surface area contributed by atoms with Crippen LogP contribution in [0.3, 0.4) is 0 Å². The number of urea groups is 1. The summed E-state index contributed by atoms with van der Waals surface area (Å²) in [5, 5.41) is 5.90. The lowest BCUT2D eigenvalue weighted by Gasteiger charge is -2.27. The summed E-state index contributed by atoms with van der Waals surface area (Å²) in [5.74, 6) is 1.51. The maximum atomic E-state index is 12.6. The molecule has 0 saturated carbocycles. The van der Waals surface area contributed by atoms with Crippen LogP contribution in [0.1, 0.15) is 11.4 Å². The van der Waals surface area contributed by atoms with E-state index in [0.29, 0.717) is 58.4 Å². The van der Waals surface area contributed by atoms with E-state index in [0.717, 1.165) is 13.1 Å². The molecule has 2 amide bonds. The number of rotatable bonds is 5. The average Bonchev–Trinajstić information content (AvgIpc) is 2.71. The van der Waals surface area contributed by atoms with E-state index in [9.17, 15) is 4.79 Å². The number of hydrogen-bond donors (Lipinski definition) is 2. The monoisotopic (exact) mass is 421 g/mol. The number of nitrogens with zero attached hydrogens (tertiary/aromatic N) is 3. The lowest BCUT2D eigenvalue weighted by molar-refractivity contribution is 0.122. The van der Waals surface area contributed by atoms with Crippen molar-refractivity contribution in [3.05, 3.63) is 28.5 Å². The summed E-state index contributed by atoms with van der Waals surface area (Å²) in [6.07, 6.45) is 0. The third-order valence-electron chi connectivity index (χ3n) is 4.51. The molecule has 1 aliphatic rings. The number of ether oxygens (including phenoxy) is 3. The zero-order valence-corrected chi connectivity index (χ0v) is 17.6. The summed E-state index contributed by atoms with van der Waals surface area (Å²) in [7, 11) is 3.00. The Bertz CT molecular complexity index is 879. The summed E-state index contributed by atoms with van der Waals surface area (Å²) < 4.78 is 15.8. The third kappa shape index (κ3) is 4.80. The third-order valence-corrected chi connectivity index (χ3v) is 4.81. The predicted octanol–water partition coefficient (Wildman–Crippen LogP) is 3.24. The number of carbonyl (C=O) groups is 1. The van der Waals surface area contributed by atoms with Crippen LogP contribution in [0.5, 0.6) is 11.5 Å². The second-order valence-corrected chi connectivity index (χ2v) is 6.84. The molecule has 2 heterocycles. The molecule has 10 heteroatoms. The first-order chi connectivity index (χ1) is 13.9. The Balaban J connectivity index is 1.76. The molecule has 156 valence electrons. The first-order valence-electron chi connectivity index (χ1n) is 9.10. The van der Waals surface area contributed by atoms with Gasteiger partial charge in [-0.1, -0.05) is 11.6 Å². The number of nitrogens with one attached hydrogen (secondary N) is 2. The molecule has 1 aliphatic heterocycles. The van der Waals surface area contributed by atoms with Gasteiger partial charge in [-0.15, -0.1) is 0 Å². The van der Waals surface area contributed by atoms with Crippen molar-refractivity contribution in [3.8, 4) is 11.5 Å². The Labute approximate surface area is 174 Å². The van der Waals surface area contributed by atoms with Gasteiger partial charge in [0, 0.05) is 19.2 Å². The standard InChI is InChI=1S/C19H24ClN5O4/c1-11-17(12(2)22-18(21-11)25-5-7-29-8-6-25)24-19(26)23-14-9-13(20)15(27-3)10-16(14)28-4/h9-10H,5-8H2,1-4H3,(H2,23,24,26). The largest absolute Gasteiger partial charge is 0.495 e. The molecule has 3 rings (SSSR count). The summed E-state index contributed by atoms with van der Waals surface area (Å²) in [5.41, 5.74) is 2.32. The van der Waals surface area contributed by atoms with E-state index < -0.39 is 6.03 Å². The van der Waals surface area contributed by atoms with E-state index in [4.69, 9.17) is 25.8 Å². The van der Waals surface area contributed by atoms with Crippen LogP contribution >= 0.6 is 11.6 Å². The van der Waals surface area contributed by atoms with Crippen LogP contribution in [0.2, 0.25) is 5.02 Å². The highest BCUT2D eigenvalue weighted by atomic mass is 35.5. The minimum Gasteiger partial charge on any atom is -0.495 e. The number of carbonyl (C=O) groups excluding carboxylic acids is 1. The fourth-order valence-electron chi connectivity index (χ4n) is 3.01. The van der Waals surface area contributed by atoms with Crippen molar-refractivity contribution in [1.29, 1.82) is 0 Å². The smallest absolute Gasteiger partial charge is 0.323 e. The molecule has 9 nitrogen and oxygen atoms in total. The molecular weight excluding hydrogens is 398 g/mol. The molecule has 2 aromatic rings. The minimum absolute atomic E-state index is 0.356. The minimum atomic E-state index is -0.460. The van der Waals surface area contributed by atoms with Crippen molar-refractivity contribution < 1.29 is 19.0 Å². The molecule has 2 N–H and O–H groups in total. The number of aryl methyl sites for hydroxylation is 2. The molecule has 1 saturated heterocycles. The maximum Gasteiger partial charge on any atom is 0.323 e. The van der Waals surface area contributed by atoms with Gasteiger partial charge in [-0.25, -0.2) is 14.8 Å². The van der Waals surface area contributed by atoms with Gasteiger partial charge in [0.2, 0.25) is 5.95 Å². The van der Waals surface area contributed by atoms with Gasteiger partial charge in [0.15, 0.2) is 0 Å². The summed E-state index contributed by atoms with van der Waals surface area (Å²) >= 11 is 6.16. The lowest BCUT2D eigenvalue weighted by Crippen LogP contribution is -2.37. The van der Waals surface area contributed by atoms with Crippen molar-refractivity contribution in [2.45, 2.75) is 13.8 Å². The Morgan fingerprint density at radius 2 is 1.69 bits per heavy atom. The number of aromatic nitrogens is 2. The molecule has 0 radical (unpaired) electrons. The highest BCUT2D eigenvalue weighted by Gasteiger charge is 2.19. The number of anilines is 3. The van der Waals surface area contributed by atoms with Crippen LogP contribution in [-0.2, 0) is 4.74 Å². The molecule has 0 aliphatic carbocycles. The Kier molecular flexibility index (Phi) is 6.60. The van der Waals surface area contributed by atoms with E-state index in [1.54, 1.807) is 12.1 Å². The van der Waals surface area contributed by atoms with E-state index >= 15 is 0 Å². The number of methoxy groups -OCH3 is 2. The lowest BCUT2D eigenvalue weighted by atomic mass is 10.2. The van der Waals surface area contributed by atoms with Crippen LogP contribution in [0.4, 0.5) is 22.1 Å². The van der Waals surface area contributed by atoms with Crippen LogP contribution in [0.15, 0.2) is 12.1 Å². The molecule has 1 aromatic heterocycles. The number of morpholine rings is 1. The van der Waals surface area contributed by atoms with Crippen LogP contribution in [0, 0.1) is 13.8 Å². The zero-order valence-electron chi connectivity index (χ0n) is 16.8. The van der Waals surface area contributed by atoms with Crippen molar-refractivity contribution in [2.24, 2.45) is 0 Å². The Hall–Kier alpha value is -2.78. The second kappa shape index (κ2) is 9.15. The topological polar surface area (TPSA) is 97.8 Å². The molecule has 0 spiro atoms. The first kappa shape index (κ1) is 20.9. The highest BCUT2D eigenvalue weighted by Crippen LogP contribution is 2.36. The maximum absolute atomic E-state index is 12.6. The number of halogens is 1. The van der Waals surface area contributed by atoms with Crippen LogP contribution in [-0.4, -0.2) is 56.5 Å². The molecule has 0 unspecified atom stereocenters. The van der Waals surface area contributed by atoms with Crippen molar-refractivity contribution in [3.63, 3.8) is 0 Å². The quantitative estimate of drug-likeness (QED) is 0.764. The van der Waals surface area contributed by atoms with Gasteiger partial charge in [0.25, 0.3) is 0 Å². The van der Waals surface area contributed by atoms with Gasteiger partial charge in [0.05, 0.1) is 55.2 Å². The van der Waals surface area contributed by atoms with Gasteiger partial charge >= 0.3 is 6.03 Å². The molecule has 0 atom stereocenters. The van der Waals surface area contributed by atoms with E-state index in [-0.39, 0.29) is 0 Å². The zero-order chi connectivity index (χ0) is 21.0. The molecular formula is C19H24ClN5O4. The number of amides is 2. The van der Waals surface area contributed by atoms with Crippen LogP contribution in [0.25, 0.3) is 0 Å². The predicted molar refractivity (Wildman–Crippen MR) is 112 cm³/mol. The van der Waals surface area contributed by atoms with Gasteiger partial charge in [0.1, 0.15) is 11.5 Å². The summed E-state index contributed by atoms with van der Waals surface area (Å²) in [6.45, 7) is 6.44. The fraction of sp³-hybridized carbons (Fsp3) is 0.421. The van der Waals surface area contributed by atoms with Gasteiger partial charge in [-0.3, -0.25) is 0 Å². The number of hydrogen-bond acceptors (Lipinski definition) is 7. The van der Waals surface area contributed by atoms with E-state index in [1.165, 1.54) is 14.2 Å². The molecule has 0 bridgehead atoms.